The third-order valence-corrected chi connectivity index (χ3v) is 14.2. The summed E-state index contributed by atoms with van der Waals surface area (Å²) in [7, 11) is 3.58. The molecule has 1 unspecified atom stereocenters. The number of phenols is 1. The number of phenolic OH excluding ortho intramolecular Hbond substituents is 1. The molecule has 1 fully saturated rings. The van der Waals surface area contributed by atoms with Gasteiger partial charge in [0.05, 0.1) is 18.0 Å². The molecule has 6 bridgehead atoms. The van der Waals surface area contributed by atoms with Crippen LogP contribution in [0.4, 0.5) is 0 Å². The SMILES string of the molecule is C=[N+](C(=O)[C@H](C(C)C)N(C)CCCN(CC)C(=O)C#CC)[C@H]1Cc2cc(O)cc(c2)-c2ccc3c(c2)c2c(n3CC)-c3cccnc3[C@@](C)(OC)C2C(C)(C)COC(=O)[C@@H]2CCCN(N2)C1=O. The first-order chi connectivity index (χ1) is 31.9. The second-order valence-electron chi connectivity index (χ2n) is 19.5. The lowest BCUT2D eigenvalue weighted by molar-refractivity contribution is -0.472. The normalized spacial score (nSPS) is 21.8. The van der Waals surface area contributed by atoms with Gasteiger partial charge in [0.2, 0.25) is 6.04 Å². The van der Waals surface area contributed by atoms with Crippen LogP contribution in [0.5, 0.6) is 5.75 Å². The molecule has 3 aliphatic rings. The van der Waals surface area contributed by atoms with Crippen molar-refractivity contribution in [3.8, 4) is 40.0 Å². The van der Waals surface area contributed by atoms with Crippen LogP contribution in [0.15, 0.2) is 54.7 Å². The van der Waals surface area contributed by atoms with Crippen molar-refractivity contribution in [3.63, 3.8) is 0 Å². The minimum atomic E-state index is -1.12. The lowest BCUT2D eigenvalue weighted by Gasteiger charge is -2.48. The molecule has 2 aromatic heterocycles. The summed E-state index contributed by atoms with van der Waals surface area (Å²) in [5.41, 5.74) is 8.67. The number of hydrogen-bond donors (Lipinski definition) is 2. The fourth-order valence-corrected chi connectivity index (χ4v) is 11.0. The summed E-state index contributed by atoms with van der Waals surface area (Å²) < 4.78 is 16.4. The molecule has 1 saturated heterocycles. The first-order valence-electron chi connectivity index (χ1n) is 23.7. The second kappa shape index (κ2) is 19.8. The van der Waals surface area contributed by atoms with Gasteiger partial charge in [0.25, 0.3) is 5.91 Å². The maximum atomic E-state index is 15.0. The van der Waals surface area contributed by atoms with Crippen molar-refractivity contribution in [3.05, 3.63) is 71.5 Å². The lowest BCUT2D eigenvalue weighted by Crippen LogP contribution is -2.61. The number of rotatable bonds is 11. The Morgan fingerprint density at radius 3 is 2.55 bits per heavy atom. The van der Waals surface area contributed by atoms with Crippen molar-refractivity contribution >= 4 is 41.3 Å². The van der Waals surface area contributed by atoms with E-state index in [0.717, 1.165) is 44.5 Å². The monoisotopic (exact) mass is 915 g/mol. The van der Waals surface area contributed by atoms with Gasteiger partial charge in [0, 0.05) is 80.3 Å². The van der Waals surface area contributed by atoms with Crippen LogP contribution in [-0.4, -0.2) is 130 Å². The van der Waals surface area contributed by atoms with E-state index in [1.807, 2.05) is 50.9 Å². The number of aryl methyl sites for hydroxylation is 1. The molecule has 2 aliphatic heterocycles. The van der Waals surface area contributed by atoms with Gasteiger partial charge in [-0.3, -0.25) is 29.3 Å². The molecule has 0 saturated carbocycles. The molecule has 0 radical (unpaired) electrons. The summed E-state index contributed by atoms with van der Waals surface area (Å²) in [5, 5.41) is 13.9. The zero-order valence-electron chi connectivity index (χ0n) is 40.9. The highest BCUT2D eigenvalue weighted by molar-refractivity contribution is 5.97. The first kappa shape index (κ1) is 49.0. The number of hydrazine groups is 1. The Bertz CT molecular complexity index is 2640. The number of esters is 1. The van der Waals surface area contributed by atoms with E-state index in [1.54, 1.807) is 37.3 Å². The molecular weight excluding hydrogens is 847 g/mol. The number of benzene rings is 2. The van der Waals surface area contributed by atoms with Gasteiger partial charge in [-0.15, -0.1) is 0 Å². The number of hydrogen-bond acceptors (Lipinski definition) is 10. The van der Waals surface area contributed by atoms with Crippen LogP contribution in [0.25, 0.3) is 33.3 Å². The van der Waals surface area contributed by atoms with E-state index >= 15 is 0 Å². The minimum Gasteiger partial charge on any atom is -0.508 e. The van der Waals surface area contributed by atoms with E-state index in [9.17, 15) is 24.3 Å². The van der Waals surface area contributed by atoms with Crippen LogP contribution in [0, 0.1) is 23.2 Å². The highest BCUT2D eigenvalue weighted by Gasteiger charge is 2.54. The molecule has 1 aliphatic carbocycles. The van der Waals surface area contributed by atoms with Crippen molar-refractivity contribution < 1.29 is 38.3 Å². The number of amides is 3. The Labute approximate surface area is 395 Å². The number of fused-ring (bicyclic) bond motifs is 8. The molecule has 0 spiro atoms. The Kier molecular flexibility index (Phi) is 14.5. The third-order valence-electron chi connectivity index (χ3n) is 14.2. The van der Waals surface area contributed by atoms with Crippen LogP contribution < -0.4 is 5.43 Å². The van der Waals surface area contributed by atoms with E-state index in [2.05, 4.69) is 74.4 Å². The second-order valence-corrected chi connectivity index (χ2v) is 19.5. The van der Waals surface area contributed by atoms with Gasteiger partial charge in [0.1, 0.15) is 30.2 Å². The molecule has 356 valence electrons. The molecule has 3 amide bonds. The molecule has 2 N–H and O–H groups in total. The summed E-state index contributed by atoms with van der Waals surface area (Å²) in [6.45, 7) is 22.6. The topological polar surface area (TPSA) is 150 Å². The maximum Gasteiger partial charge on any atom is 0.404 e. The lowest BCUT2D eigenvalue weighted by atomic mass is 9.61. The predicted molar refractivity (Wildman–Crippen MR) is 259 cm³/mol. The van der Waals surface area contributed by atoms with Gasteiger partial charge in [0.15, 0.2) is 0 Å². The minimum absolute atomic E-state index is 0.0116. The van der Waals surface area contributed by atoms with Crippen molar-refractivity contribution in [2.75, 3.05) is 46.9 Å². The average Bonchev–Trinajstić information content (AvgIpc) is 3.63. The maximum absolute atomic E-state index is 15.0. The average molecular weight is 915 g/mol. The van der Waals surface area contributed by atoms with Crippen LogP contribution in [0.1, 0.15) is 97.4 Å². The fourth-order valence-electron chi connectivity index (χ4n) is 11.0. The highest BCUT2D eigenvalue weighted by atomic mass is 16.5. The van der Waals surface area contributed by atoms with Crippen molar-refractivity contribution in [2.45, 2.75) is 117 Å². The van der Waals surface area contributed by atoms with Crippen LogP contribution in [0.3, 0.4) is 0 Å². The van der Waals surface area contributed by atoms with E-state index in [0.29, 0.717) is 57.5 Å². The molecule has 67 heavy (non-hydrogen) atoms. The Hall–Kier alpha value is -5.88. The van der Waals surface area contributed by atoms with Gasteiger partial charge in [-0.1, -0.05) is 45.7 Å². The van der Waals surface area contributed by atoms with Gasteiger partial charge in [-0.25, -0.2) is 10.2 Å². The van der Waals surface area contributed by atoms with Gasteiger partial charge in [-0.05, 0) is 124 Å². The standard InChI is InChI=1S/C53H67N7O7/c1-12-18-43(62)58(13-2)25-17-24-56(9)45(33(4)5)50(64)57(10)42-29-34-27-36(30-37(61)28-34)35-21-22-41-39(31-35)44-46(59(41)14-3)38-19-15-23-54-48(38)53(8,66-11)47(44)52(6,7)32-67-51(65)40-20-16-26-60(55-40)49(42)63/h15,19,21-23,27-28,30-31,33,40,42,45,47,55H,10,13-14,16-17,20,24-26,29,32H2,1-9,11H3/p+1/t40-,42-,45-,47?,53-/m0/s1. The molecule has 2 aromatic carbocycles. The van der Waals surface area contributed by atoms with Gasteiger partial charge in [-0.2, -0.15) is 4.58 Å². The number of aromatic nitrogens is 2. The predicted octanol–water partition coefficient (Wildman–Crippen LogP) is 6.50. The van der Waals surface area contributed by atoms with E-state index in [-0.39, 0.29) is 42.4 Å². The molecule has 4 heterocycles. The zero-order chi connectivity index (χ0) is 48.5. The number of carbonyl (C=O) groups excluding carboxylic acids is 4. The van der Waals surface area contributed by atoms with Crippen molar-refractivity contribution in [2.24, 2.45) is 11.3 Å². The smallest absolute Gasteiger partial charge is 0.404 e. The molecule has 5 atom stereocenters. The summed E-state index contributed by atoms with van der Waals surface area (Å²) in [4.78, 5) is 65.1. The summed E-state index contributed by atoms with van der Waals surface area (Å²) in [6.07, 6.45) is 3.38. The van der Waals surface area contributed by atoms with Crippen LogP contribution in [0.2, 0.25) is 0 Å². The number of nitrogens with one attached hydrogen (secondary N) is 1. The summed E-state index contributed by atoms with van der Waals surface area (Å²) in [6, 6.07) is 13.1. The Morgan fingerprint density at radius 2 is 1.87 bits per heavy atom. The fraction of sp³-hybridized carbons (Fsp3) is 0.509. The van der Waals surface area contributed by atoms with Crippen LogP contribution in [-0.2, 0) is 47.2 Å². The number of pyridine rings is 1. The van der Waals surface area contributed by atoms with E-state index in [1.165, 1.54) is 9.58 Å². The number of methoxy groups -OCH3 is 1. The first-order valence-corrected chi connectivity index (χ1v) is 23.7. The molecule has 7 rings (SSSR count). The van der Waals surface area contributed by atoms with Crippen molar-refractivity contribution in [1.82, 2.24) is 29.8 Å². The number of carbonyl (C=O) groups is 4. The summed E-state index contributed by atoms with van der Waals surface area (Å²) >= 11 is 0. The highest BCUT2D eigenvalue weighted by Crippen LogP contribution is 2.59. The van der Waals surface area contributed by atoms with Gasteiger partial charge >= 0.3 is 17.8 Å². The van der Waals surface area contributed by atoms with Crippen molar-refractivity contribution in [1.29, 1.82) is 0 Å². The zero-order valence-corrected chi connectivity index (χ0v) is 40.9. The number of likely N-dealkylation sites (N-methyl/N-ethyl adjacent to an activating group) is 1. The largest absolute Gasteiger partial charge is 0.508 e. The Balaban J connectivity index is 1.33. The number of cyclic esters (lactones) is 1. The third kappa shape index (κ3) is 9.26. The van der Waals surface area contributed by atoms with E-state index < -0.39 is 41.0 Å². The van der Waals surface area contributed by atoms with Gasteiger partial charge < -0.3 is 24.0 Å². The molecule has 14 nitrogen and oxygen atoms in total. The van der Waals surface area contributed by atoms with Crippen LogP contribution >= 0.6 is 0 Å². The molecule has 4 aromatic rings. The Morgan fingerprint density at radius 1 is 1.10 bits per heavy atom. The number of ether oxygens (including phenoxy) is 2. The summed E-state index contributed by atoms with van der Waals surface area (Å²) in [5.74, 6) is 3.28. The number of aromatic hydroxyl groups is 1. The molecule has 14 heteroatoms. The quantitative estimate of drug-likeness (QED) is 0.0740. The number of nitrogens with zero attached hydrogens (tertiary/aromatic N) is 6. The van der Waals surface area contributed by atoms with E-state index in [4.69, 9.17) is 14.5 Å². The molecular formula is C53H68N7O7+.